The Bertz CT molecular complexity index is 1150. The lowest BCUT2D eigenvalue weighted by Gasteiger charge is -2.30. The molecule has 6 nitrogen and oxygen atoms in total. The normalized spacial score (nSPS) is 25.5. The van der Waals surface area contributed by atoms with Crippen LogP contribution in [0.15, 0.2) is 30.7 Å². The summed E-state index contributed by atoms with van der Waals surface area (Å²) in [6.45, 7) is 3.40. The van der Waals surface area contributed by atoms with Crippen molar-refractivity contribution in [2.45, 2.75) is 64.1 Å². The van der Waals surface area contributed by atoms with Gasteiger partial charge in [0.25, 0.3) is 6.43 Å². The highest BCUT2D eigenvalue weighted by atomic mass is 35.5. The zero-order valence-electron chi connectivity index (χ0n) is 19.5. The van der Waals surface area contributed by atoms with E-state index in [1.54, 1.807) is 30.6 Å². The van der Waals surface area contributed by atoms with Crippen molar-refractivity contribution < 1.29 is 13.5 Å². The van der Waals surface area contributed by atoms with E-state index in [0.29, 0.717) is 29.1 Å². The van der Waals surface area contributed by atoms with Crippen LogP contribution in [0.1, 0.15) is 39.0 Å². The number of rotatable bonds is 6. The SMILES string of the molecule is CO[C@@H]1C[C@@H](C(F)F)N(c2nc3ccnc(-c4cncc(Cl)c4)c3n2CC2CCC(C)CC2)C1. The summed E-state index contributed by atoms with van der Waals surface area (Å²) in [5.74, 6) is 1.76. The molecule has 9 heteroatoms. The summed E-state index contributed by atoms with van der Waals surface area (Å²) in [5, 5.41) is 0.518. The van der Waals surface area contributed by atoms with Gasteiger partial charge < -0.3 is 14.2 Å². The largest absolute Gasteiger partial charge is 0.380 e. The first kappa shape index (κ1) is 23.4. The lowest BCUT2D eigenvalue weighted by atomic mass is 9.83. The number of alkyl halides is 2. The molecule has 0 spiro atoms. The molecule has 1 saturated heterocycles. The Kier molecular flexibility index (Phi) is 6.71. The van der Waals surface area contributed by atoms with E-state index in [1.807, 2.05) is 12.1 Å². The molecule has 4 heterocycles. The molecule has 2 fully saturated rings. The fourth-order valence-corrected chi connectivity index (χ4v) is 5.62. The lowest BCUT2D eigenvalue weighted by Crippen LogP contribution is -2.37. The van der Waals surface area contributed by atoms with Crippen molar-refractivity contribution in [3.05, 3.63) is 35.7 Å². The maximum atomic E-state index is 14.1. The minimum Gasteiger partial charge on any atom is -0.380 e. The molecule has 0 aromatic carbocycles. The van der Waals surface area contributed by atoms with Gasteiger partial charge in [-0.05, 0) is 36.8 Å². The minimum atomic E-state index is -2.49. The Labute approximate surface area is 203 Å². The highest BCUT2D eigenvalue weighted by Gasteiger charge is 2.41. The van der Waals surface area contributed by atoms with Gasteiger partial charge in [0.05, 0.1) is 33.9 Å². The first-order valence-electron chi connectivity index (χ1n) is 12.0. The number of pyridine rings is 2. The van der Waals surface area contributed by atoms with Gasteiger partial charge in [0.15, 0.2) is 0 Å². The number of hydrogen-bond acceptors (Lipinski definition) is 5. The van der Waals surface area contributed by atoms with E-state index >= 15 is 0 Å². The smallest absolute Gasteiger partial charge is 0.258 e. The van der Waals surface area contributed by atoms with Crippen LogP contribution in [-0.2, 0) is 11.3 Å². The van der Waals surface area contributed by atoms with Crippen LogP contribution in [0.2, 0.25) is 5.02 Å². The van der Waals surface area contributed by atoms with Crippen LogP contribution in [-0.4, -0.2) is 51.7 Å². The second kappa shape index (κ2) is 9.74. The van der Waals surface area contributed by atoms with Gasteiger partial charge in [-0.25, -0.2) is 13.8 Å². The number of fused-ring (bicyclic) bond motifs is 1. The monoisotopic (exact) mass is 489 g/mol. The van der Waals surface area contributed by atoms with E-state index in [2.05, 4.69) is 21.5 Å². The van der Waals surface area contributed by atoms with Crippen LogP contribution >= 0.6 is 11.6 Å². The molecule has 3 aromatic heterocycles. The maximum Gasteiger partial charge on any atom is 0.258 e. The van der Waals surface area contributed by atoms with Crippen molar-refractivity contribution >= 4 is 28.6 Å². The van der Waals surface area contributed by atoms with E-state index in [1.165, 1.54) is 12.8 Å². The first-order valence-corrected chi connectivity index (χ1v) is 12.4. The van der Waals surface area contributed by atoms with Crippen molar-refractivity contribution in [3.8, 4) is 11.3 Å². The Hall–Kier alpha value is -2.32. The molecule has 0 N–H and O–H groups in total. The molecule has 0 bridgehead atoms. The number of halogens is 3. The summed E-state index contributed by atoms with van der Waals surface area (Å²) in [4.78, 5) is 15.5. The minimum absolute atomic E-state index is 0.252. The summed E-state index contributed by atoms with van der Waals surface area (Å²) in [5.41, 5.74) is 3.07. The van der Waals surface area contributed by atoms with Gasteiger partial charge >= 0.3 is 0 Å². The predicted octanol–water partition coefficient (Wildman–Crippen LogP) is 5.83. The number of methoxy groups -OCH3 is 1. The van der Waals surface area contributed by atoms with Crippen molar-refractivity contribution in [2.24, 2.45) is 11.8 Å². The standard InChI is InChI=1S/C25H30ClF2N5O/c1-15-3-5-16(6-4-15)13-33-23-20(7-8-30-22(23)17-9-18(26)12-29-11-17)31-25(33)32-14-19(34-2)10-21(32)24(27)28/h7-9,11-12,15-16,19,21,24H,3-6,10,13-14H2,1-2H3/t15?,16?,19-,21+/m1/s1. The van der Waals surface area contributed by atoms with E-state index in [-0.39, 0.29) is 12.5 Å². The number of imidazole rings is 1. The van der Waals surface area contributed by atoms with E-state index in [9.17, 15) is 8.78 Å². The van der Waals surface area contributed by atoms with Crippen molar-refractivity contribution in [2.75, 3.05) is 18.6 Å². The van der Waals surface area contributed by atoms with Crippen LogP contribution in [0.4, 0.5) is 14.7 Å². The quantitative estimate of drug-likeness (QED) is 0.436. The average Bonchev–Trinajstić information content (AvgIpc) is 3.42. The van der Waals surface area contributed by atoms with Crippen molar-refractivity contribution in [1.82, 2.24) is 19.5 Å². The summed E-state index contributed by atoms with van der Waals surface area (Å²) < 4.78 is 35.8. The molecular formula is C25H30ClF2N5O. The number of nitrogens with zero attached hydrogens (tertiary/aromatic N) is 5. The summed E-state index contributed by atoms with van der Waals surface area (Å²) in [7, 11) is 1.58. The highest BCUT2D eigenvalue weighted by Crippen LogP contribution is 2.38. The van der Waals surface area contributed by atoms with Gasteiger partial charge in [0, 0.05) is 50.8 Å². The van der Waals surface area contributed by atoms with E-state index in [4.69, 9.17) is 21.3 Å². The third kappa shape index (κ3) is 4.50. The fraction of sp³-hybridized carbons (Fsp3) is 0.560. The Morgan fingerprint density at radius 2 is 2.00 bits per heavy atom. The van der Waals surface area contributed by atoms with Crippen molar-refractivity contribution in [1.29, 1.82) is 0 Å². The Morgan fingerprint density at radius 3 is 2.71 bits per heavy atom. The third-order valence-corrected chi connectivity index (χ3v) is 7.58. The van der Waals surface area contributed by atoms with Crippen LogP contribution in [0, 0.1) is 11.8 Å². The Morgan fingerprint density at radius 1 is 1.21 bits per heavy atom. The molecule has 3 aromatic rings. The molecule has 5 rings (SSSR count). The molecule has 2 aliphatic rings. The second-order valence-corrected chi connectivity index (χ2v) is 10.2. The highest BCUT2D eigenvalue weighted by molar-refractivity contribution is 6.30. The number of anilines is 1. The molecule has 2 atom stereocenters. The molecule has 182 valence electrons. The maximum absolute atomic E-state index is 14.1. The molecule has 1 aliphatic carbocycles. The number of aromatic nitrogens is 4. The number of ether oxygens (including phenoxy) is 1. The second-order valence-electron chi connectivity index (χ2n) is 9.72. The molecule has 0 unspecified atom stereocenters. The molecular weight excluding hydrogens is 460 g/mol. The van der Waals surface area contributed by atoms with Gasteiger partial charge in [0.2, 0.25) is 5.95 Å². The predicted molar refractivity (Wildman–Crippen MR) is 129 cm³/mol. The van der Waals surface area contributed by atoms with Crippen LogP contribution < -0.4 is 4.90 Å². The van der Waals surface area contributed by atoms with Gasteiger partial charge in [-0.3, -0.25) is 9.97 Å². The zero-order chi connectivity index (χ0) is 23.8. The van der Waals surface area contributed by atoms with Crippen LogP contribution in [0.5, 0.6) is 0 Å². The molecule has 1 aliphatic heterocycles. The van der Waals surface area contributed by atoms with Crippen LogP contribution in [0.3, 0.4) is 0 Å². The van der Waals surface area contributed by atoms with Gasteiger partial charge in [0.1, 0.15) is 0 Å². The summed E-state index contributed by atoms with van der Waals surface area (Å²) in [6.07, 6.45) is 7.16. The molecule has 34 heavy (non-hydrogen) atoms. The third-order valence-electron chi connectivity index (χ3n) is 7.38. The summed E-state index contributed by atoms with van der Waals surface area (Å²) >= 11 is 6.23. The lowest BCUT2D eigenvalue weighted by molar-refractivity contribution is 0.0869. The van der Waals surface area contributed by atoms with Gasteiger partial charge in [-0.15, -0.1) is 0 Å². The van der Waals surface area contributed by atoms with Crippen LogP contribution in [0.25, 0.3) is 22.3 Å². The topological polar surface area (TPSA) is 56.1 Å². The van der Waals surface area contributed by atoms with Gasteiger partial charge in [-0.1, -0.05) is 31.4 Å². The van der Waals surface area contributed by atoms with Crippen molar-refractivity contribution in [3.63, 3.8) is 0 Å². The number of hydrogen-bond donors (Lipinski definition) is 0. The molecule has 0 amide bonds. The molecule has 1 saturated carbocycles. The summed E-state index contributed by atoms with van der Waals surface area (Å²) in [6, 6.07) is 2.74. The molecule has 0 radical (unpaired) electrons. The van der Waals surface area contributed by atoms with Gasteiger partial charge in [-0.2, -0.15) is 0 Å². The Balaban J connectivity index is 1.65. The zero-order valence-corrected chi connectivity index (χ0v) is 20.3. The average molecular weight is 490 g/mol. The first-order chi connectivity index (χ1) is 16.4. The fourth-order valence-electron chi connectivity index (χ4n) is 5.45. The van der Waals surface area contributed by atoms with E-state index < -0.39 is 12.5 Å². The van der Waals surface area contributed by atoms with E-state index in [0.717, 1.165) is 41.9 Å².